The van der Waals surface area contributed by atoms with E-state index in [2.05, 4.69) is 5.32 Å². The van der Waals surface area contributed by atoms with Crippen LogP contribution in [0.2, 0.25) is 5.02 Å². The van der Waals surface area contributed by atoms with Crippen LogP contribution in [0, 0.1) is 5.82 Å². The number of rotatable bonds is 4. The third-order valence-corrected chi connectivity index (χ3v) is 6.14. The van der Waals surface area contributed by atoms with Crippen LogP contribution in [0.1, 0.15) is 23.2 Å². The van der Waals surface area contributed by atoms with Crippen LogP contribution in [-0.2, 0) is 10.0 Å². The van der Waals surface area contributed by atoms with Crippen LogP contribution in [0.3, 0.4) is 0 Å². The summed E-state index contributed by atoms with van der Waals surface area (Å²) in [5, 5.41) is 2.74. The van der Waals surface area contributed by atoms with Crippen molar-refractivity contribution in [1.82, 2.24) is 4.31 Å². The number of hydrogen-bond acceptors (Lipinski definition) is 3. The zero-order chi connectivity index (χ0) is 18.0. The number of hydrogen-bond donors (Lipinski definition) is 1. The summed E-state index contributed by atoms with van der Waals surface area (Å²) in [5.41, 5.74) is 0.234. The fourth-order valence-electron chi connectivity index (χ4n) is 2.66. The summed E-state index contributed by atoms with van der Waals surface area (Å²) in [6.07, 6.45) is 1.72. The average Bonchev–Trinajstić information content (AvgIpc) is 3.10. The largest absolute Gasteiger partial charge is 0.322 e. The lowest BCUT2D eigenvalue weighted by Crippen LogP contribution is -2.27. The van der Waals surface area contributed by atoms with Gasteiger partial charge in [-0.15, -0.1) is 0 Å². The molecule has 0 atom stereocenters. The van der Waals surface area contributed by atoms with Gasteiger partial charge in [0.15, 0.2) is 0 Å². The number of carbonyl (C=O) groups is 1. The lowest BCUT2D eigenvalue weighted by Gasteiger charge is -2.15. The van der Waals surface area contributed by atoms with Crippen LogP contribution in [0.15, 0.2) is 47.4 Å². The highest BCUT2D eigenvalue weighted by molar-refractivity contribution is 7.89. The van der Waals surface area contributed by atoms with E-state index in [0.29, 0.717) is 18.8 Å². The lowest BCUT2D eigenvalue weighted by molar-refractivity contribution is 0.102. The average molecular weight is 383 g/mol. The number of benzene rings is 2. The molecule has 0 unspecified atom stereocenters. The maximum Gasteiger partial charge on any atom is 0.258 e. The normalized spacial score (nSPS) is 15.3. The van der Waals surface area contributed by atoms with Gasteiger partial charge in [-0.25, -0.2) is 12.8 Å². The molecule has 1 N–H and O–H groups in total. The second-order valence-electron chi connectivity index (χ2n) is 5.71. The molecule has 2 aromatic rings. The minimum absolute atomic E-state index is 0.141. The van der Waals surface area contributed by atoms with Crippen LogP contribution in [-0.4, -0.2) is 31.7 Å². The smallest absolute Gasteiger partial charge is 0.258 e. The van der Waals surface area contributed by atoms with E-state index in [0.717, 1.165) is 18.9 Å². The van der Waals surface area contributed by atoms with Gasteiger partial charge in [0.25, 0.3) is 5.91 Å². The molecule has 5 nitrogen and oxygen atoms in total. The molecular formula is C17H16ClFN2O3S. The van der Waals surface area contributed by atoms with Gasteiger partial charge in [-0.3, -0.25) is 4.79 Å². The quantitative estimate of drug-likeness (QED) is 0.879. The number of sulfonamides is 1. The standard InChI is InChI=1S/C17H16ClFN2O3S/c18-12-3-8-15(16(19)11-12)17(22)20-13-4-6-14(7-5-13)25(23,24)21-9-1-2-10-21/h3-8,11H,1-2,9-10H2,(H,20,22). The molecular weight excluding hydrogens is 367 g/mol. The van der Waals surface area contributed by atoms with Crippen molar-refractivity contribution in [2.45, 2.75) is 17.7 Å². The third-order valence-electron chi connectivity index (χ3n) is 3.99. The number of carbonyl (C=O) groups excluding carboxylic acids is 1. The molecule has 1 aliphatic rings. The van der Waals surface area contributed by atoms with Gasteiger partial charge in [0.2, 0.25) is 10.0 Å². The van der Waals surface area contributed by atoms with Crippen LogP contribution < -0.4 is 5.32 Å². The summed E-state index contributed by atoms with van der Waals surface area (Å²) in [7, 11) is -3.50. The van der Waals surface area contributed by atoms with Gasteiger partial charge in [0.05, 0.1) is 10.5 Å². The number of halogens is 2. The number of nitrogens with zero attached hydrogens (tertiary/aromatic N) is 1. The molecule has 0 bridgehead atoms. The van der Waals surface area contributed by atoms with Crippen molar-refractivity contribution in [2.24, 2.45) is 0 Å². The molecule has 0 radical (unpaired) electrons. The third kappa shape index (κ3) is 3.84. The van der Waals surface area contributed by atoms with Crippen molar-refractivity contribution in [3.8, 4) is 0 Å². The molecule has 3 rings (SSSR count). The van der Waals surface area contributed by atoms with Gasteiger partial charge >= 0.3 is 0 Å². The molecule has 0 spiro atoms. The zero-order valence-corrected chi connectivity index (χ0v) is 14.8. The first-order chi connectivity index (χ1) is 11.9. The van der Waals surface area contributed by atoms with Gasteiger partial charge in [0, 0.05) is 23.8 Å². The van der Waals surface area contributed by atoms with Gasteiger partial charge in [-0.1, -0.05) is 11.6 Å². The molecule has 132 valence electrons. The Balaban J connectivity index is 1.75. The Morgan fingerprint density at radius 3 is 2.32 bits per heavy atom. The maximum absolute atomic E-state index is 13.8. The lowest BCUT2D eigenvalue weighted by atomic mass is 10.2. The van der Waals surface area contributed by atoms with E-state index in [4.69, 9.17) is 11.6 Å². The highest BCUT2D eigenvalue weighted by atomic mass is 35.5. The van der Waals surface area contributed by atoms with Gasteiger partial charge in [-0.2, -0.15) is 4.31 Å². The summed E-state index contributed by atoms with van der Waals surface area (Å²) in [6, 6.07) is 9.60. The number of amides is 1. The Morgan fingerprint density at radius 1 is 1.08 bits per heavy atom. The topological polar surface area (TPSA) is 66.5 Å². The SMILES string of the molecule is O=C(Nc1ccc(S(=O)(=O)N2CCCC2)cc1)c1ccc(Cl)cc1F. The fourth-order valence-corrected chi connectivity index (χ4v) is 4.34. The van der Waals surface area contributed by atoms with Gasteiger partial charge in [0.1, 0.15) is 5.82 Å². The van der Waals surface area contributed by atoms with Gasteiger partial charge in [-0.05, 0) is 55.3 Å². The highest BCUT2D eigenvalue weighted by Crippen LogP contribution is 2.23. The predicted molar refractivity (Wildman–Crippen MR) is 93.8 cm³/mol. The van der Waals surface area contributed by atoms with Crippen molar-refractivity contribution >= 4 is 33.2 Å². The van der Waals surface area contributed by atoms with E-state index in [1.807, 2.05) is 0 Å². The van der Waals surface area contributed by atoms with E-state index < -0.39 is 21.7 Å². The minimum Gasteiger partial charge on any atom is -0.322 e. The first kappa shape index (κ1) is 17.8. The minimum atomic E-state index is -3.50. The summed E-state index contributed by atoms with van der Waals surface area (Å²) < 4.78 is 40.1. The summed E-state index contributed by atoms with van der Waals surface area (Å²) in [4.78, 5) is 12.3. The van der Waals surface area contributed by atoms with E-state index >= 15 is 0 Å². The first-order valence-corrected chi connectivity index (χ1v) is 9.56. The van der Waals surface area contributed by atoms with Crippen LogP contribution >= 0.6 is 11.6 Å². The molecule has 25 heavy (non-hydrogen) atoms. The Labute approximate surface area is 150 Å². The van der Waals surface area contributed by atoms with Crippen molar-refractivity contribution < 1.29 is 17.6 Å². The molecule has 0 saturated carbocycles. The highest BCUT2D eigenvalue weighted by Gasteiger charge is 2.27. The van der Waals surface area contributed by atoms with Crippen LogP contribution in [0.25, 0.3) is 0 Å². The van der Waals surface area contributed by atoms with Crippen molar-refractivity contribution in [3.63, 3.8) is 0 Å². The molecule has 1 aliphatic heterocycles. The fraction of sp³-hybridized carbons (Fsp3) is 0.235. The van der Waals surface area contributed by atoms with Crippen LogP contribution in [0.4, 0.5) is 10.1 Å². The van der Waals surface area contributed by atoms with E-state index in [9.17, 15) is 17.6 Å². The van der Waals surface area contributed by atoms with E-state index in [-0.39, 0.29) is 15.5 Å². The molecule has 1 amide bonds. The Kier molecular flexibility index (Phi) is 5.08. The summed E-state index contributed by atoms with van der Waals surface area (Å²) in [6.45, 7) is 1.05. The van der Waals surface area contributed by atoms with Crippen molar-refractivity contribution in [2.75, 3.05) is 18.4 Å². The molecule has 0 aromatic heterocycles. The van der Waals surface area contributed by atoms with Crippen LogP contribution in [0.5, 0.6) is 0 Å². The van der Waals surface area contributed by atoms with Gasteiger partial charge < -0.3 is 5.32 Å². The molecule has 2 aromatic carbocycles. The summed E-state index contributed by atoms with van der Waals surface area (Å²) >= 11 is 5.66. The maximum atomic E-state index is 13.8. The predicted octanol–water partition coefficient (Wildman–Crippen LogP) is 3.52. The van der Waals surface area contributed by atoms with Crippen molar-refractivity contribution in [1.29, 1.82) is 0 Å². The monoisotopic (exact) mass is 382 g/mol. The molecule has 8 heteroatoms. The van der Waals surface area contributed by atoms with E-state index in [1.54, 1.807) is 0 Å². The molecule has 0 aliphatic carbocycles. The molecule has 1 heterocycles. The molecule has 1 saturated heterocycles. The van der Waals surface area contributed by atoms with E-state index in [1.165, 1.54) is 40.7 Å². The second kappa shape index (κ2) is 7.11. The molecule has 1 fully saturated rings. The Bertz CT molecular complexity index is 895. The summed E-state index contributed by atoms with van der Waals surface area (Å²) in [5.74, 6) is -1.36. The Morgan fingerprint density at radius 2 is 1.72 bits per heavy atom. The first-order valence-electron chi connectivity index (χ1n) is 7.74. The zero-order valence-electron chi connectivity index (χ0n) is 13.2. The number of anilines is 1. The number of nitrogens with one attached hydrogen (secondary N) is 1. The Hall–Kier alpha value is -1.96. The second-order valence-corrected chi connectivity index (χ2v) is 8.09. The van der Waals surface area contributed by atoms with Crippen molar-refractivity contribution in [3.05, 3.63) is 58.9 Å².